The summed E-state index contributed by atoms with van der Waals surface area (Å²) in [6.07, 6.45) is 0. The standard InChI is InChI=1S/C18H18BrN5OS/c1-11-4-9-16(12(2)10-11)20-17(25)13(3)26-18-21-22-23-24(18)15-7-5-14(19)6-8-15/h4-10,13H,1-3H3,(H,20,25). The molecule has 0 bridgehead atoms. The minimum atomic E-state index is -0.351. The van der Waals surface area contributed by atoms with Crippen LogP contribution in [0.2, 0.25) is 0 Å². The largest absolute Gasteiger partial charge is 0.325 e. The van der Waals surface area contributed by atoms with E-state index in [9.17, 15) is 4.79 Å². The van der Waals surface area contributed by atoms with E-state index in [-0.39, 0.29) is 11.2 Å². The first kappa shape index (κ1) is 18.6. The smallest absolute Gasteiger partial charge is 0.237 e. The lowest BCUT2D eigenvalue weighted by Gasteiger charge is -2.13. The summed E-state index contributed by atoms with van der Waals surface area (Å²) in [5.74, 6) is -0.0905. The number of tetrazole rings is 1. The van der Waals surface area contributed by atoms with Gasteiger partial charge in [0.05, 0.1) is 10.9 Å². The van der Waals surface area contributed by atoms with Crippen LogP contribution in [-0.4, -0.2) is 31.4 Å². The lowest BCUT2D eigenvalue weighted by atomic mass is 10.1. The topological polar surface area (TPSA) is 72.7 Å². The van der Waals surface area contributed by atoms with Crippen molar-refractivity contribution in [1.82, 2.24) is 20.2 Å². The minimum Gasteiger partial charge on any atom is -0.325 e. The zero-order valence-electron chi connectivity index (χ0n) is 14.6. The Labute approximate surface area is 164 Å². The number of hydrogen-bond acceptors (Lipinski definition) is 5. The number of amides is 1. The number of carbonyl (C=O) groups excluding carboxylic acids is 1. The molecule has 1 N–H and O–H groups in total. The van der Waals surface area contributed by atoms with Gasteiger partial charge in [-0.25, -0.2) is 0 Å². The number of rotatable bonds is 5. The zero-order valence-corrected chi connectivity index (χ0v) is 17.0. The van der Waals surface area contributed by atoms with Gasteiger partial charge in [0.25, 0.3) is 0 Å². The molecular weight excluding hydrogens is 414 g/mol. The molecule has 0 saturated heterocycles. The lowest BCUT2D eigenvalue weighted by molar-refractivity contribution is -0.115. The first-order valence-corrected chi connectivity index (χ1v) is 9.70. The summed E-state index contributed by atoms with van der Waals surface area (Å²) in [6.45, 7) is 5.84. The van der Waals surface area contributed by atoms with Gasteiger partial charge in [-0.2, -0.15) is 4.68 Å². The normalized spacial score (nSPS) is 12.0. The molecule has 1 heterocycles. The zero-order chi connectivity index (χ0) is 18.7. The van der Waals surface area contributed by atoms with E-state index in [1.807, 2.05) is 63.2 Å². The highest BCUT2D eigenvalue weighted by Gasteiger charge is 2.20. The van der Waals surface area contributed by atoms with Crippen molar-refractivity contribution in [3.8, 4) is 5.69 Å². The van der Waals surface area contributed by atoms with Crippen LogP contribution in [0.25, 0.3) is 5.69 Å². The maximum Gasteiger partial charge on any atom is 0.237 e. The van der Waals surface area contributed by atoms with Crippen LogP contribution in [0.15, 0.2) is 52.1 Å². The maximum atomic E-state index is 12.6. The number of nitrogens with one attached hydrogen (secondary N) is 1. The second-order valence-corrected chi connectivity index (χ2v) is 8.14. The summed E-state index contributed by atoms with van der Waals surface area (Å²) in [5.41, 5.74) is 3.86. The number of benzene rings is 2. The van der Waals surface area contributed by atoms with Crippen LogP contribution in [0.3, 0.4) is 0 Å². The van der Waals surface area contributed by atoms with Crippen molar-refractivity contribution in [3.05, 3.63) is 58.1 Å². The highest BCUT2D eigenvalue weighted by molar-refractivity contribution is 9.10. The van der Waals surface area contributed by atoms with Crippen LogP contribution in [-0.2, 0) is 4.79 Å². The molecule has 3 rings (SSSR count). The van der Waals surface area contributed by atoms with E-state index in [4.69, 9.17) is 0 Å². The van der Waals surface area contributed by atoms with Gasteiger partial charge in [0.2, 0.25) is 11.1 Å². The van der Waals surface area contributed by atoms with E-state index in [2.05, 4.69) is 36.8 Å². The van der Waals surface area contributed by atoms with E-state index in [1.54, 1.807) is 4.68 Å². The summed E-state index contributed by atoms with van der Waals surface area (Å²) in [6, 6.07) is 13.6. The highest BCUT2D eigenvalue weighted by Crippen LogP contribution is 2.25. The first-order chi connectivity index (χ1) is 12.4. The number of halogens is 1. The van der Waals surface area contributed by atoms with Crippen molar-refractivity contribution >= 4 is 39.3 Å². The van der Waals surface area contributed by atoms with E-state index in [0.29, 0.717) is 5.16 Å². The lowest BCUT2D eigenvalue weighted by Crippen LogP contribution is -2.23. The van der Waals surface area contributed by atoms with Gasteiger partial charge in [-0.1, -0.05) is 45.4 Å². The van der Waals surface area contributed by atoms with E-state index >= 15 is 0 Å². The third-order valence-corrected chi connectivity index (χ3v) is 5.36. The number of aromatic nitrogens is 4. The van der Waals surface area contributed by atoms with Gasteiger partial charge in [-0.05, 0) is 67.1 Å². The van der Waals surface area contributed by atoms with Crippen LogP contribution in [0.4, 0.5) is 5.69 Å². The first-order valence-electron chi connectivity index (χ1n) is 8.03. The van der Waals surface area contributed by atoms with Crippen LogP contribution >= 0.6 is 27.7 Å². The van der Waals surface area contributed by atoms with Crippen molar-refractivity contribution in [1.29, 1.82) is 0 Å². The second kappa shape index (κ2) is 8.01. The molecule has 134 valence electrons. The molecule has 3 aromatic rings. The SMILES string of the molecule is Cc1ccc(NC(=O)C(C)Sc2nnnn2-c2ccc(Br)cc2)c(C)c1. The number of anilines is 1. The van der Waals surface area contributed by atoms with Crippen molar-refractivity contribution in [2.45, 2.75) is 31.2 Å². The van der Waals surface area contributed by atoms with E-state index in [0.717, 1.165) is 27.0 Å². The van der Waals surface area contributed by atoms with E-state index in [1.165, 1.54) is 11.8 Å². The Hall–Kier alpha value is -2.19. The van der Waals surface area contributed by atoms with Crippen LogP contribution < -0.4 is 5.32 Å². The second-order valence-electron chi connectivity index (χ2n) is 5.92. The quantitative estimate of drug-likeness (QED) is 0.613. The molecule has 26 heavy (non-hydrogen) atoms. The van der Waals surface area contributed by atoms with Crippen molar-refractivity contribution in [2.24, 2.45) is 0 Å². The maximum absolute atomic E-state index is 12.6. The molecule has 0 aliphatic heterocycles. The fourth-order valence-electron chi connectivity index (χ4n) is 2.40. The molecule has 1 amide bonds. The van der Waals surface area contributed by atoms with Gasteiger partial charge in [-0.15, -0.1) is 5.10 Å². The Kier molecular flexibility index (Phi) is 5.73. The minimum absolute atomic E-state index is 0.0905. The molecule has 8 heteroatoms. The highest BCUT2D eigenvalue weighted by atomic mass is 79.9. The molecular formula is C18H18BrN5OS. The van der Waals surface area contributed by atoms with Gasteiger partial charge in [0.1, 0.15) is 0 Å². The average Bonchev–Trinajstić information content (AvgIpc) is 3.06. The Bertz CT molecular complexity index is 926. The van der Waals surface area contributed by atoms with Gasteiger partial charge in [0, 0.05) is 10.2 Å². The van der Waals surface area contributed by atoms with Gasteiger partial charge in [-0.3, -0.25) is 4.79 Å². The summed E-state index contributed by atoms with van der Waals surface area (Å²) in [5, 5.41) is 15.0. The van der Waals surface area contributed by atoms with Crippen LogP contribution in [0.5, 0.6) is 0 Å². The molecule has 6 nitrogen and oxygen atoms in total. The summed E-state index contributed by atoms with van der Waals surface area (Å²) in [4.78, 5) is 12.6. The van der Waals surface area contributed by atoms with Crippen molar-refractivity contribution in [3.63, 3.8) is 0 Å². The van der Waals surface area contributed by atoms with Gasteiger partial charge >= 0.3 is 0 Å². The molecule has 0 saturated carbocycles. The predicted molar refractivity (Wildman–Crippen MR) is 107 cm³/mol. The third kappa shape index (κ3) is 4.31. The fourth-order valence-corrected chi connectivity index (χ4v) is 3.47. The van der Waals surface area contributed by atoms with Crippen molar-refractivity contribution in [2.75, 3.05) is 5.32 Å². The third-order valence-electron chi connectivity index (χ3n) is 3.80. The number of carbonyl (C=O) groups is 1. The average molecular weight is 432 g/mol. The Morgan fingerprint density at radius 1 is 1.19 bits per heavy atom. The molecule has 0 aliphatic rings. The molecule has 0 aliphatic carbocycles. The molecule has 0 spiro atoms. The summed E-state index contributed by atoms with van der Waals surface area (Å²) < 4.78 is 2.60. The molecule has 0 radical (unpaired) electrons. The van der Waals surface area contributed by atoms with Crippen molar-refractivity contribution < 1.29 is 4.79 Å². The molecule has 0 fully saturated rings. The molecule has 1 atom stereocenters. The number of thioether (sulfide) groups is 1. The van der Waals surface area contributed by atoms with Crippen LogP contribution in [0.1, 0.15) is 18.1 Å². The Morgan fingerprint density at radius 2 is 1.92 bits per heavy atom. The number of nitrogens with zero attached hydrogens (tertiary/aromatic N) is 4. The predicted octanol–water partition coefficient (Wildman–Crippen LogP) is 4.16. The number of hydrogen-bond donors (Lipinski definition) is 1. The number of aryl methyl sites for hydroxylation is 2. The van der Waals surface area contributed by atoms with Crippen LogP contribution in [0, 0.1) is 13.8 Å². The Morgan fingerprint density at radius 3 is 2.62 bits per heavy atom. The van der Waals surface area contributed by atoms with E-state index < -0.39 is 0 Å². The van der Waals surface area contributed by atoms with Gasteiger partial charge in [0.15, 0.2) is 0 Å². The summed E-state index contributed by atoms with van der Waals surface area (Å²) in [7, 11) is 0. The monoisotopic (exact) mass is 431 g/mol. The Balaban J connectivity index is 1.72. The molecule has 1 unspecified atom stereocenters. The summed E-state index contributed by atoms with van der Waals surface area (Å²) >= 11 is 4.72. The molecule has 1 aromatic heterocycles. The molecule has 2 aromatic carbocycles. The van der Waals surface area contributed by atoms with Gasteiger partial charge < -0.3 is 5.32 Å². The fraction of sp³-hybridized carbons (Fsp3) is 0.222.